The van der Waals surface area contributed by atoms with Crippen LogP contribution in [0.2, 0.25) is 0 Å². The predicted molar refractivity (Wildman–Crippen MR) is 88.4 cm³/mol. The summed E-state index contributed by atoms with van der Waals surface area (Å²) in [6.45, 7) is 2.47. The van der Waals surface area contributed by atoms with E-state index in [4.69, 9.17) is 0 Å². The number of carbonyl (C=O) groups excluding carboxylic acids is 2. The van der Waals surface area contributed by atoms with Crippen LogP contribution in [-0.4, -0.2) is 29.8 Å². The number of fused-ring (bicyclic) bond motifs is 2. The molecule has 2 aromatic carbocycles. The number of anilines is 1. The fourth-order valence-corrected chi connectivity index (χ4v) is 3.67. The van der Waals surface area contributed by atoms with E-state index < -0.39 is 11.2 Å². The largest absolute Gasteiger partial charge is 0.337 e. The summed E-state index contributed by atoms with van der Waals surface area (Å²) in [7, 11) is 0. The molecule has 4 rings (SSSR count). The molecule has 24 heavy (non-hydrogen) atoms. The first-order valence-electron chi connectivity index (χ1n) is 7.98. The lowest BCUT2D eigenvalue weighted by atomic mass is 9.81. The van der Waals surface area contributed by atoms with Gasteiger partial charge < -0.3 is 10.2 Å². The molecule has 0 radical (unpaired) electrons. The molecular formula is C19H17FN2O2. The van der Waals surface area contributed by atoms with Gasteiger partial charge in [0, 0.05) is 24.3 Å². The highest BCUT2D eigenvalue weighted by molar-refractivity contribution is 6.07. The van der Waals surface area contributed by atoms with Crippen molar-refractivity contribution in [1.29, 1.82) is 0 Å². The van der Waals surface area contributed by atoms with Crippen LogP contribution in [0.4, 0.5) is 10.1 Å². The van der Waals surface area contributed by atoms with Crippen LogP contribution in [0, 0.1) is 12.7 Å². The molecule has 4 nitrogen and oxygen atoms in total. The van der Waals surface area contributed by atoms with E-state index in [0.717, 1.165) is 11.3 Å². The van der Waals surface area contributed by atoms with Crippen LogP contribution in [0.1, 0.15) is 27.9 Å². The average Bonchev–Trinajstić information content (AvgIpc) is 3.14. The van der Waals surface area contributed by atoms with Gasteiger partial charge in [0.25, 0.3) is 5.91 Å². The summed E-state index contributed by atoms with van der Waals surface area (Å²) in [5.74, 6) is -0.684. The quantitative estimate of drug-likeness (QED) is 0.877. The lowest BCUT2D eigenvalue weighted by Crippen LogP contribution is -2.39. The van der Waals surface area contributed by atoms with Crippen molar-refractivity contribution in [3.63, 3.8) is 0 Å². The lowest BCUT2D eigenvalue weighted by Gasteiger charge is -2.22. The third-order valence-corrected chi connectivity index (χ3v) is 5.10. The summed E-state index contributed by atoms with van der Waals surface area (Å²) in [5, 5.41) is 2.91. The monoisotopic (exact) mass is 324 g/mol. The average molecular weight is 324 g/mol. The van der Waals surface area contributed by atoms with Gasteiger partial charge in [0.15, 0.2) is 0 Å². The van der Waals surface area contributed by atoms with Gasteiger partial charge in [-0.25, -0.2) is 4.39 Å². The molecule has 1 unspecified atom stereocenters. The molecule has 0 saturated carbocycles. The van der Waals surface area contributed by atoms with Crippen molar-refractivity contribution in [1.82, 2.24) is 4.90 Å². The SMILES string of the molecule is Cc1ccc(C(=O)N2CCC3(C2)C(=O)Nc2ccccc23)cc1F. The van der Waals surface area contributed by atoms with Crippen LogP contribution in [0.15, 0.2) is 42.5 Å². The van der Waals surface area contributed by atoms with Gasteiger partial charge in [0.05, 0.1) is 5.41 Å². The molecule has 1 N–H and O–H groups in total. The van der Waals surface area contributed by atoms with Crippen LogP contribution in [0.5, 0.6) is 0 Å². The zero-order chi connectivity index (χ0) is 16.9. The molecule has 122 valence electrons. The molecule has 2 aromatic rings. The lowest BCUT2D eigenvalue weighted by molar-refractivity contribution is -0.120. The van der Waals surface area contributed by atoms with E-state index in [0.29, 0.717) is 30.6 Å². The van der Waals surface area contributed by atoms with Crippen LogP contribution in [-0.2, 0) is 10.2 Å². The van der Waals surface area contributed by atoms with E-state index in [1.165, 1.54) is 6.07 Å². The third kappa shape index (κ3) is 2.04. The number of benzene rings is 2. The number of amides is 2. The van der Waals surface area contributed by atoms with E-state index in [1.807, 2.05) is 24.3 Å². The Morgan fingerprint density at radius 1 is 1.25 bits per heavy atom. The molecule has 0 aromatic heterocycles. The summed E-state index contributed by atoms with van der Waals surface area (Å²) >= 11 is 0. The normalized spacial score (nSPS) is 21.9. The maximum atomic E-state index is 13.7. The van der Waals surface area contributed by atoms with Crippen molar-refractivity contribution < 1.29 is 14.0 Å². The van der Waals surface area contributed by atoms with Crippen molar-refractivity contribution >= 4 is 17.5 Å². The first-order valence-corrected chi connectivity index (χ1v) is 7.98. The van der Waals surface area contributed by atoms with Gasteiger partial charge in [0.2, 0.25) is 5.91 Å². The fourth-order valence-electron chi connectivity index (χ4n) is 3.67. The standard InChI is InChI=1S/C19H17FN2O2/c1-12-6-7-13(10-15(12)20)17(23)22-9-8-19(11-22)14-4-2-3-5-16(14)21-18(19)24/h2-7,10H,8-9,11H2,1H3,(H,21,24). The molecule has 2 amide bonds. The van der Waals surface area contributed by atoms with Gasteiger partial charge in [-0.1, -0.05) is 24.3 Å². The number of para-hydroxylation sites is 1. The molecular weight excluding hydrogens is 307 g/mol. The van der Waals surface area contributed by atoms with Crippen LogP contribution < -0.4 is 5.32 Å². The second-order valence-corrected chi connectivity index (χ2v) is 6.52. The van der Waals surface area contributed by atoms with E-state index in [1.54, 1.807) is 24.0 Å². The van der Waals surface area contributed by atoms with Crippen LogP contribution >= 0.6 is 0 Å². The molecule has 0 aliphatic carbocycles. The molecule has 0 bridgehead atoms. The number of carbonyl (C=O) groups is 2. The van der Waals surface area contributed by atoms with Crippen LogP contribution in [0.3, 0.4) is 0 Å². The highest BCUT2D eigenvalue weighted by Crippen LogP contribution is 2.44. The van der Waals surface area contributed by atoms with E-state index in [-0.39, 0.29) is 11.8 Å². The Bertz CT molecular complexity index is 864. The topological polar surface area (TPSA) is 49.4 Å². The summed E-state index contributed by atoms with van der Waals surface area (Å²) in [6.07, 6.45) is 0.579. The van der Waals surface area contributed by atoms with Crippen molar-refractivity contribution in [2.45, 2.75) is 18.8 Å². The minimum Gasteiger partial charge on any atom is -0.337 e. The molecule has 2 heterocycles. The van der Waals surface area contributed by atoms with Gasteiger partial charge in [-0.15, -0.1) is 0 Å². The Balaban J connectivity index is 1.64. The van der Waals surface area contributed by atoms with Gasteiger partial charge in [0.1, 0.15) is 5.82 Å². The summed E-state index contributed by atoms with van der Waals surface area (Å²) < 4.78 is 13.7. The molecule has 1 spiro atoms. The van der Waals surface area contributed by atoms with E-state index >= 15 is 0 Å². The second-order valence-electron chi connectivity index (χ2n) is 6.52. The fraction of sp³-hybridized carbons (Fsp3) is 0.263. The molecule has 1 atom stereocenters. The number of nitrogens with zero attached hydrogens (tertiary/aromatic N) is 1. The first kappa shape index (κ1) is 14.9. The van der Waals surface area contributed by atoms with Crippen molar-refractivity contribution in [2.24, 2.45) is 0 Å². The maximum Gasteiger partial charge on any atom is 0.254 e. The number of aryl methyl sites for hydroxylation is 1. The maximum absolute atomic E-state index is 13.7. The predicted octanol–water partition coefficient (Wildman–Crippen LogP) is 2.87. The molecule has 1 saturated heterocycles. The minimum absolute atomic E-state index is 0.0610. The zero-order valence-corrected chi connectivity index (χ0v) is 13.3. The summed E-state index contributed by atoms with van der Waals surface area (Å²) in [6, 6.07) is 12.1. The molecule has 2 aliphatic rings. The van der Waals surface area contributed by atoms with Crippen molar-refractivity contribution in [3.8, 4) is 0 Å². The Morgan fingerprint density at radius 3 is 2.83 bits per heavy atom. The second kappa shape index (κ2) is 5.16. The highest BCUT2D eigenvalue weighted by Gasteiger charge is 2.51. The smallest absolute Gasteiger partial charge is 0.254 e. The number of likely N-dealkylation sites (tertiary alicyclic amines) is 1. The Hall–Kier alpha value is -2.69. The number of nitrogens with one attached hydrogen (secondary N) is 1. The summed E-state index contributed by atoms with van der Waals surface area (Å²) in [4.78, 5) is 26.9. The molecule has 5 heteroatoms. The number of halogens is 1. The highest BCUT2D eigenvalue weighted by atomic mass is 19.1. The number of rotatable bonds is 1. The van der Waals surface area contributed by atoms with Crippen LogP contribution in [0.25, 0.3) is 0 Å². The zero-order valence-electron chi connectivity index (χ0n) is 13.3. The van der Waals surface area contributed by atoms with E-state index in [2.05, 4.69) is 5.32 Å². The first-order chi connectivity index (χ1) is 11.5. The Morgan fingerprint density at radius 2 is 2.04 bits per heavy atom. The molecule has 2 aliphatic heterocycles. The third-order valence-electron chi connectivity index (χ3n) is 5.10. The Kier molecular flexibility index (Phi) is 3.20. The van der Waals surface area contributed by atoms with Gasteiger partial charge in [-0.2, -0.15) is 0 Å². The number of hydrogen-bond acceptors (Lipinski definition) is 2. The van der Waals surface area contributed by atoms with Gasteiger partial charge >= 0.3 is 0 Å². The van der Waals surface area contributed by atoms with E-state index in [9.17, 15) is 14.0 Å². The van der Waals surface area contributed by atoms with Gasteiger partial charge in [-0.05, 0) is 42.7 Å². The Labute approximate surface area is 139 Å². The molecule has 1 fully saturated rings. The summed E-state index contributed by atoms with van der Waals surface area (Å²) in [5.41, 5.74) is 1.91. The van der Waals surface area contributed by atoms with Gasteiger partial charge in [-0.3, -0.25) is 9.59 Å². The van der Waals surface area contributed by atoms with Crippen molar-refractivity contribution in [2.75, 3.05) is 18.4 Å². The number of hydrogen-bond donors (Lipinski definition) is 1. The minimum atomic E-state index is -0.685. The van der Waals surface area contributed by atoms with Crippen molar-refractivity contribution in [3.05, 3.63) is 65.0 Å².